The quantitative estimate of drug-likeness (QED) is 0.524. The largest absolute Gasteiger partial charge is 0.292 e. The van der Waals surface area contributed by atoms with E-state index in [1.807, 2.05) is 11.8 Å². The normalized spacial score (nSPS) is 12.8. The summed E-state index contributed by atoms with van der Waals surface area (Å²) in [6.45, 7) is 19.5. The van der Waals surface area contributed by atoms with Crippen LogP contribution in [0.15, 0.2) is 23.1 Å². The molecular weight excluding hydrogens is 250 g/mol. The first-order valence-electron chi connectivity index (χ1n) is 7.44. The van der Waals surface area contributed by atoms with Gasteiger partial charge in [0.1, 0.15) is 5.69 Å². The standard InChI is InChI=1S/C17H30NS/c1-8-18(9-2,10-3)16-13-15(12-11-14(16)4)19-17(5,6)7/h11-13H,8-10H2,1-7H3/q+1. The fraction of sp³-hybridized carbons (Fsp3) is 0.647. The van der Waals surface area contributed by atoms with Gasteiger partial charge in [0.25, 0.3) is 0 Å². The molecule has 0 amide bonds. The SMILES string of the molecule is CC[N+](CC)(CC)c1cc(SC(C)(C)C)ccc1C. The molecule has 0 heterocycles. The smallest absolute Gasteiger partial charge is 0.136 e. The number of thioether (sulfide) groups is 1. The molecule has 1 nitrogen and oxygen atoms in total. The molecule has 0 fully saturated rings. The summed E-state index contributed by atoms with van der Waals surface area (Å²) in [5.74, 6) is 0. The Hall–Kier alpha value is -0.470. The lowest BCUT2D eigenvalue weighted by molar-refractivity contribution is 0.314. The average Bonchev–Trinajstić information content (AvgIpc) is 2.34. The Morgan fingerprint density at radius 1 is 1.00 bits per heavy atom. The Bertz CT molecular complexity index is 405. The van der Waals surface area contributed by atoms with Crippen molar-refractivity contribution >= 4 is 17.4 Å². The van der Waals surface area contributed by atoms with Gasteiger partial charge in [0.05, 0.1) is 19.6 Å². The predicted octanol–water partition coefficient (Wildman–Crippen LogP) is 5.25. The zero-order chi connectivity index (χ0) is 14.7. The molecule has 0 aliphatic heterocycles. The maximum atomic E-state index is 2.42. The van der Waals surface area contributed by atoms with E-state index in [2.05, 4.69) is 66.7 Å². The van der Waals surface area contributed by atoms with Crippen molar-refractivity contribution in [3.8, 4) is 0 Å². The fourth-order valence-corrected chi connectivity index (χ4v) is 3.71. The molecule has 0 aliphatic carbocycles. The molecule has 0 N–H and O–H groups in total. The van der Waals surface area contributed by atoms with E-state index in [0.717, 1.165) is 24.1 Å². The molecule has 0 bridgehead atoms. The van der Waals surface area contributed by atoms with Crippen molar-refractivity contribution in [1.82, 2.24) is 4.48 Å². The summed E-state index contributed by atoms with van der Waals surface area (Å²) in [5, 5.41) is 0. The third-order valence-corrected chi connectivity index (χ3v) is 5.03. The van der Waals surface area contributed by atoms with E-state index in [1.165, 1.54) is 16.1 Å². The molecule has 19 heavy (non-hydrogen) atoms. The van der Waals surface area contributed by atoms with Crippen LogP contribution in [0.2, 0.25) is 0 Å². The number of aryl methyl sites for hydroxylation is 1. The first kappa shape index (κ1) is 16.6. The molecule has 0 saturated carbocycles. The second-order valence-electron chi connectivity index (χ2n) is 6.26. The van der Waals surface area contributed by atoms with Crippen LogP contribution in [0.25, 0.3) is 0 Å². The van der Waals surface area contributed by atoms with Crippen molar-refractivity contribution in [3.63, 3.8) is 0 Å². The van der Waals surface area contributed by atoms with E-state index in [-0.39, 0.29) is 4.75 Å². The highest BCUT2D eigenvalue weighted by atomic mass is 32.2. The first-order valence-corrected chi connectivity index (χ1v) is 8.26. The molecule has 1 rings (SSSR count). The van der Waals surface area contributed by atoms with Crippen LogP contribution in [0.4, 0.5) is 5.69 Å². The highest BCUT2D eigenvalue weighted by Crippen LogP contribution is 2.36. The molecule has 0 saturated heterocycles. The minimum absolute atomic E-state index is 0.271. The van der Waals surface area contributed by atoms with Gasteiger partial charge in [-0.3, -0.25) is 4.48 Å². The Balaban J connectivity index is 3.23. The van der Waals surface area contributed by atoms with Crippen LogP contribution in [-0.4, -0.2) is 24.4 Å². The summed E-state index contributed by atoms with van der Waals surface area (Å²) < 4.78 is 1.36. The molecule has 0 atom stereocenters. The van der Waals surface area contributed by atoms with Crippen molar-refractivity contribution in [3.05, 3.63) is 23.8 Å². The van der Waals surface area contributed by atoms with E-state index in [0.29, 0.717) is 0 Å². The maximum absolute atomic E-state index is 2.42. The molecule has 1 aromatic rings. The summed E-state index contributed by atoms with van der Waals surface area (Å²) in [7, 11) is 0. The van der Waals surface area contributed by atoms with Crippen LogP contribution in [-0.2, 0) is 0 Å². The van der Waals surface area contributed by atoms with E-state index in [4.69, 9.17) is 0 Å². The van der Waals surface area contributed by atoms with Crippen LogP contribution in [0, 0.1) is 6.92 Å². The van der Waals surface area contributed by atoms with Gasteiger partial charge in [-0.2, -0.15) is 0 Å². The minimum atomic E-state index is 0.271. The van der Waals surface area contributed by atoms with Crippen LogP contribution >= 0.6 is 11.8 Å². The summed E-state index contributed by atoms with van der Waals surface area (Å²) in [6.07, 6.45) is 0. The highest BCUT2D eigenvalue weighted by molar-refractivity contribution is 8.00. The Kier molecular flexibility index (Phi) is 5.52. The van der Waals surface area contributed by atoms with Gasteiger partial charge in [-0.25, -0.2) is 0 Å². The van der Waals surface area contributed by atoms with Gasteiger partial charge in [0.2, 0.25) is 0 Å². The van der Waals surface area contributed by atoms with Gasteiger partial charge in [-0.05, 0) is 33.8 Å². The van der Waals surface area contributed by atoms with Crippen LogP contribution in [0.5, 0.6) is 0 Å². The van der Waals surface area contributed by atoms with Crippen molar-refractivity contribution in [1.29, 1.82) is 0 Å². The lowest BCUT2D eigenvalue weighted by Gasteiger charge is -2.36. The van der Waals surface area contributed by atoms with Gasteiger partial charge < -0.3 is 0 Å². The maximum Gasteiger partial charge on any atom is 0.136 e. The van der Waals surface area contributed by atoms with Crippen LogP contribution < -0.4 is 4.48 Å². The number of quaternary nitrogens is 1. The summed E-state index contributed by atoms with van der Waals surface area (Å²) in [4.78, 5) is 1.39. The Labute approximate surface area is 124 Å². The Morgan fingerprint density at radius 2 is 1.53 bits per heavy atom. The number of hydrogen-bond donors (Lipinski definition) is 0. The second kappa shape index (κ2) is 6.32. The lowest BCUT2D eigenvalue weighted by atomic mass is 10.1. The van der Waals surface area contributed by atoms with E-state index >= 15 is 0 Å². The second-order valence-corrected chi connectivity index (χ2v) is 8.16. The minimum Gasteiger partial charge on any atom is -0.292 e. The van der Waals surface area contributed by atoms with Crippen LogP contribution in [0.1, 0.15) is 47.1 Å². The molecule has 0 unspecified atom stereocenters. The van der Waals surface area contributed by atoms with E-state index in [9.17, 15) is 0 Å². The molecule has 0 spiro atoms. The lowest BCUT2D eigenvalue weighted by Crippen LogP contribution is -2.49. The fourth-order valence-electron chi connectivity index (χ4n) is 2.70. The van der Waals surface area contributed by atoms with Crippen molar-refractivity contribution in [2.24, 2.45) is 0 Å². The van der Waals surface area contributed by atoms with E-state index in [1.54, 1.807) is 0 Å². The third-order valence-electron chi connectivity index (χ3n) is 3.93. The van der Waals surface area contributed by atoms with Crippen molar-refractivity contribution in [2.45, 2.75) is 58.1 Å². The van der Waals surface area contributed by atoms with Gasteiger partial charge in [0.15, 0.2) is 0 Å². The summed E-state index contributed by atoms with van der Waals surface area (Å²) >= 11 is 1.96. The summed E-state index contributed by atoms with van der Waals surface area (Å²) in [6, 6.07) is 6.98. The summed E-state index contributed by atoms with van der Waals surface area (Å²) in [5.41, 5.74) is 2.92. The average molecular weight is 281 g/mol. The topological polar surface area (TPSA) is 0 Å². The predicted molar refractivity (Wildman–Crippen MR) is 90.2 cm³/mol. The third kappa shape index (κ3) is 4.00. The number of benzene rings is 1. The molecule has 108 valence electrons. The Morgan fingerprint density at radius 3 is 1.95 bits per heavy atom. The van der Waals surface area contributed by atoms with Crippen molar-refractivity contribution < 1.29 is 0 Å². The van der Waals surface area contributed by atoms with Gasteiger partial charge in [-0.15, -0.1) is 11.8 Å². The monoisotopic (exact) mass is 280 g/mol. The molecule has 0 aromatic heterocycles. The van der Waals surface area contributed by atoms with E-state index < -0.39 is 0 Å². The molecule has 0 radical (unpaired) electrons. The van der Waals surface area contributed by atoms with Crippen molar-refractivity contribution in [2.75, 3.05) is 19.6 Å². The van der Waals surface area contributed by atoms with Gasteiger partial charge in [0, 0.05) is 21.3 Å². The zero-order valence-electron chi connectivity index (χ0n) is 13.7. The number of nitrogens with zero attached hydrogens (tertiary/aromatic N) is 1. The molecule has 1 aromatic carbocycles. The molecule has 2 heteroatoms. The zero-order valence-corrected chi connectivity index (χ0v) is 14.5. The molecular formula is C17H30NS+. The number of rotatable bonds is 5. The van der Waals surface area contributed by atoms with Crippen LogP contribution in [0.3, 0.4) is 0 Å². The van der Waals surface area contributed by atoms with Gasteiger partial charge >= 0.3 is 0 Å². The first-order chi connectivity index (χ1) is 8.78. The highest BCUT2D eigenvalue weighted by Gasteiger charge is 2.27. The number of hydrogen-bond acceptors (Lipinski definition) is 1. The van der Waals surface area contributed by atoms with Gasteiger partial charge in [-0.1, -0.05) is 26.8 Å². The molecule has 0 aliphatic rings.